The van der Waals surface area contributed by atoms with Crippen molar-refractivity contribution in [3.8, 4) is 5.75 Å². The average Bonchev–Trinajstić information content (AvgIpc) is 2.48. The summed E-state index contributed by atoms with van der Waals surface area (Å²) in [5, 5.41) is 9.93. The van der Waals surface area contributed by atoms with Gasteiger partial charge in [0.25, 0.3) is 0 Å². The van der Waals surface area contributed by atoms with Crippen LogP contribution in [0.2, 0.25) is 0 Å². The van der Waals surface area contributed by atoms with E-state index in [0.29, 0.717) is 5.75 Å². The molecule has 0 aliphatic heterocycles. The van der Waals surface area contributed by atoms with E-state index < -0.39 is 0 Å². The molecule has 0 spiro atoms. The third-order valence-electron chi connectivity index (χ3n) is 4.36. The summed E-state index contributed by atoms with van der Waals surface area (Å²) in [5.41, 5.74) is 2.25. The SMILES string of the molecule is Cc1cc(Br)c([C@]2(C)CC=CC2(C)C)cc1O. The van der Waals surface area contributed by atoms with Gasteiger partial charge in [0.1, 0.15) is 5.75 Å². The molecule has 17 heavy (non-hydrogen) atoms. The van der Waals surface area contributed by atoms with E-state index in [2.05, 4.69) is 48.9 Å². The van der Waals surface area contributed by atoms with Crippen molar-refractivity contribution in [1.82, 2.24) is 0 Å². The van der Waals surface area contributed by atoms with E-state index in [-0.39, 0.29) is 10.8 Å². The Morgan fingerprint density at radius 1 is 1.24 bits per heavy atom. The Labute approximate surface area is 112 Å². The van der Waals surface area contributed by atoms with Gasteiger partial charge in [-0.1, -0.05) is 48.9 Å². The van der Waals surface area contributed by atoms with Gasteiger partial charge in [-0.25, -0.2) is 0 Å². The fourth-order valence-electron chi connectivity index (χ4n) is 2.58. The third-order valence-corrected chi connectivity index (χ3v) is 5.02. The summed E-state index contributed by atoms with van der Waals surface area (Å²) in [7, 11) is 0. The summed E-state index contributed by atoms with van der Waals surface area (Å²) in [5.74, 6) is 0.382. The maximum absolute atomic E-state index is 9.93. The summed E-state index contributed by atoms with van der Waals surface area (Å²) in [4.78, 5) is 0. The van der Waals surface area contributed by atoms with Gasteiger partial charge in [0.15, 0.2) is 0 Å². The molecule has 0 amide bonds. The molecule has 0 unspecified atom stereocenters. The summed E-state index contributed by atoms with van der Waals surface area (Å²) in [6, 6.07) is 3.92. The van der Waals surface area contributed by atoms with Gasteiger partial charge in [0.05, 0.1) is 0 Å². The fourth-order valence-corrected chi connectivity index (χ4v) is 3.47. The quantitative estimate of drug-likeness (QED) is 0.744. The minimum Gasteiger partial charge on any atom is -0.508 e. The smallest absolute Gasteiger partial charge is 0.118 e. The van der Waals surface area contributed by atoms with Crippen LogP contribution < -0.4 is 0 Å². The Kier molecular flexibility index (Phi) is 2.89. The molecule has 1 aromatic carbocycles. The molecule has 1 aliphatic carbocycles. The minimum absolute atomic E-state index is 0.0387. The van der Waals surface area contributed by atoms with Crippen LogP contribution in [0.5, 0.6) is 5.75 Å². The molecule has 0 heterocycles. The van der Waals surface area contributed by atoms with Crippen LogP contribution in [0.3, 0.4) is 0 Å². The summed E-state index contributed by atoms with van der Waals surface area (Å²) < 4.78 is 1.09. The highest BCUT2D eigenvalue weighted by atomic mass is 79.9. The summed E-state index contributed by atoms with van der Waals surface area (Å²) >= 11 is 3.64. The molecule has 0 saturated carbocycles. The molecule has 92 valence electrons. The Morgan fingerprint density at radius 2 is 1.88 bits per heavy atom. The van der Waals surface area contributed by atoms with Crippen molar-refractivity contribution < 1.29 is 5.11 Å². The van der Waals surface area contributed by atoms with Gasteiger partial charge in [-0.15, -0.1) is 0 Å². The minimum atomic E-state index is 0.0387. The van der Waals surface area contributed by atoms with E-state index in [1.165, 1.54) is 5.56 Å². The number of allylic oxidation sites excluding steroid dienone is 2. The highest BCUT2D eigenvalue weighted by Crippen LogP contribution is 2.52. The van der Waals surface area contributed by atoms with Crippen LogP contribution in [0.1, 0.15) is 38.3 Å². The lowest BCUT2D eigenvalue weighted by molar-refractivity contribution is 0.265. The van der Waals surface area contributed by atoms with Crippen LogP contribution >= 0.6 is 15.9 Å². The largest absolute Gasteiger partial charge is 0.508 e. The highest BCUT2D eigenvalue weighted by molar-refractivity contribution is 9.10. The molecule has 0 saturated heterocycles. The van der Waals surface area contributed by atoms with Crippen molar-refractivity contribution in [2.45, 2.75) is 39.5 Å². The van der Waals surface area contributed by atoms with Gasteiger partial charge in [0, 0.05) is 9.89 Å². The van der Waals surface area contributed by atoms with Gasteiger partial charge < -0.3 is 5.11 Å². The molecule has 1 nitrogen and oxygen atoms in total. The molecule has 1 aromatic rings. The molecule has 0 radical (unpaired) electrons. The number of rotatable bonds is 1. The predicted molar refractivity (Wildman–Crippen MR) is 75.4 cm³/mol. The van der Waals surface area contributed by atoms with E-state index in [4.69, 9.17) is 0 Å². The lowest BCUT2D eigenvalue weighted by Gasteiger charge is -2.39. The maximum atomic E-state index is 9.93. The van der Waals surface area contributed by atoms with Crippen molar-refractivity contribution in [3.63, 3.8) is 0 Å². The first kappa shape index (κ1) is 12.7. The Hall–Kier alpha value is -0.760. The van der Waals surface area contributed by atoms with Gasteiger partial charge in [-0.05, 0) is 42.0 Å². The molecule has 1 aliphatic rings. The number of benzene rings is 1. The van der Waals surface area contributed by atoms with Crippen LogP contribution in [0.15, 0.2) is 28.8 Å². The maximum Gasteiger partial charge on any atom is 0.118 e. The first-order valence-electron chi connectivity index (χ1n) is 5.95. The molecular formula is C15H19BrO. The third kappa shape index (κ3) is 1.83. The number of halogens is 1. The lowest BCUT2D eigenvalue weighted by Crippen LogP contribution is -2.34. The summed E-state index contributed by atoms with van der Waals surface area (Å²) in [6.07, 6.45) is 5.53. The van der Waals surface area contributed by atoms with Crippen molar-refractivity contribution in [3.05, 3.63) is 39.9 Å². The zero-order valence-electron chi connectivity index (χ0n) is 10.8. The number of phenolic OH excluding ortho intramolecular Hbond substituents is 1. The molecule has 1 atom stereocenters. The van der Waals surface area contributed by atoms with Crippen LogP contribution in [0.25, 0.3) is 0 Å². The first-order valence-corrected chi connectivity index (χ1v) is 6.74. The highest BCUT2D eigenvalue weighted by Gasteiger charge is 2.44. The van der Waals surface area contributed by atoms with Gasteiger partial charge >= 0.3 is 0 Å². The van der Waals surface area contributed by atoms with Gasteiger partial charge in [0.2, 0.25) is 0 Å². The monoisotopic (exact) mass is 294 g/mol. The van der Waals surface area contributed by atoms with E-state index in [1.54, 1.807) is 0 Å². The zero-order chi connectivity index (χ0) is 12.8. The number of aryl methyl sites for hydroxylation is 1. The van der Waals surface area contributed by atoms with E-state index >= 15 is 0 Å². The lowest BCUT2D eigenvalue weighted by atomic mass is 9.65. The van der Waals surface area contributed by atoms with Crippen LogP contribution in [0, 0.1) is 12.3 Å². The molecular weight excluding hydrogens is 276 g/mol. The molecule has 0 aromatic heterocycles. The first-order chi connectivity index (χ1) is 7.78. The molecule has 0 bridgehead atoms. The number of aromatic hydroxyl groups is 1. The standard InChI is InChI=1S/C15H19BrO/c1-10-8-12(16)11(9-13(10)17)15(4)7-5-6-14(15,2)3/h5-6,8-9,17H,7H2,1-4H3/t15-/m0/s1. The second-order valence-electron chi connectivity index (χ2n) is 5.78. The Balaban J connectivity index is 2.59. The molecule has 0 fully saturated rings. The van der Waals surface area contributed by atoms with E-state index in [9.17, 15) is 5.11 Å². The van der Waals surface area contributed by atoms with E-state index in [0.717, 1.165) is 16.5 Å². The number of hydrogen-bond donors (Lipinski definition) is 1. The number of phenols is 1. The van der Waals surface area contributed by atoms with Crippen molar-refractivity contribution in [2.75, 3.05) is 0 Å². The Bertz CT molecular complexity index is 488. The second-order valence-corrected chi connectivity index (χ2v) is 6.63. The van der Waals surface area contributed by atoms with Gasteiger partial charge in [-0.2, -0.15) is 0 Å². The Morgan fingerprint density at radius 3 is 2.41 bits per heavy atom. The van der Waals surface area contributed by atoms with Crippen molar-refractivity contribution in [2.24, 2.45) is 5.41 Å². The van der Waals surface area contributed by atoms with Crippen LogP contribution in [-0.2, 0) is 5.41 Å². The van der Waals surface area contributed by atoms with Crippen LogP contribution in [0.4, 0.5) is 0 Å². The predicted octanol–water partition coefficient (Wildman–Crippen LogP) is 4.71. The topological polar surface area (TPSA) is 20.2 Å². The zero-order valence-corrected chi connectivity index (χ0v) is 12.4. The van der Waals surface area contributed by atoms with Crippen molar-refractivity contribution in [1.29, 1.82) is 0 Å². The normalized spacial score (nSPS) is 26.4. The number of hydrogen-bond acceptors (Lipinski definition) is 1. The second kappa shape index (κ2) is 3.88. The van der Waals surface area contributed by atoms with Gasteiger partial charge in [-0.3, -0.25) is 0 Å². The summed E-state index contributed by atoms with van der Waals surface area (Å²) in [6.45, 7) is 8.69. The average molecular weight is 295 g/mol. The van der Waals surface area contributed by atoms with E-state index in [1.807, 2.05) is 19.1 Å². The van der Waals surface area contributed by atoms with Crippen LogP contribution in [-0.4, -0.2) is 5.11 Å². The molecule has 1 N–H and O–H groups in total. The molecule has 2 rings (SSSR count). The van der Waals surface area contributed by atoms with Crippen molar-refractivity contribution >= 4 is 15.9 Å². The molecule has 2 heteroatoms. The fraction of sp³-hybridized carbons (Fsp3) is 0.467.